The second-order valence-electron chi connectivity index (χ2n) is 4.30. The minimum absolute atomic E-state index is 0.472. The van der Waals surface area contributed by atoms with Crippen molar-refractivity contribution in [3.8, 4) is 12.3 Å². The summed E-state index contributed by atoms with van der Waals surface area (Å²) in [6.07, 6.45) is 4.31. The van der Waals surface area contributed by atoms with Gasteiger partial charge in [0.2, 0.25) is 0 Å². The fourth-order valence-corrected chi connectivity index (χ4v) is 0.950. The average molecular weight is 241 g/mol. The molecule has 0 bridgehead atoms. The van der Waals surface area contributed by atoms with Crippen LogP contribution in [0.1, 0.15) is 27.2 Å². The van der Waals surface area contributed by atoms with Gasteiger partial charge in [-0.05, 0) is 26.7 Å². The van der Waals surface area contributed by atoms with E-state index in [4.69, 9.17) is 16.3 Å². The van der Waals surface area contributed by atoms with Crippen molar-refractivity contribution in [2.24, 2.45) is 0 Å². The Morgan fingerprint density at radius 1 is 1.41 bits per heavy atom. The van der Waals surface area contributed by atoms with Gasteiger partial charge in [-0.15, -0.1) is 6.42 Å². The van der Waals surface area contributed by atoms with Crippen LogP contribution in [0, 0.1) is 12.3 Å². The van der Waals surface area contributed by atoms with Crippen molar-refractivity contribution >= 4 is 17.8 Å². The number of ether oxygens (including phenoxy) is 1. The van der Waals surface area contributed by atoms with Crippen molar-refractivity contribution in [1.82, 2.24) is 5.32 Å². The van der Waals surface area contributed by atoms with Crippen LogP contribution in [0.15, 0.2) is 0 Å². The standard InChI is InChI=1S/C11H15NO5/c1-5-8(13)12-7(10(15)16)6-9(14)17-11(2,3)4/h1,7H,6H2,2-4H3,(H,12,13)(H,15,16)/t7-/m0/s1. The molecule has 0 fully saturated rings. The third-order valence-corrected chi connectivity index (χ3v) is 1.53. The highest BCUT2D eigenvalue weighted by Crippen LogP contribution is 2.09. The van der Waals surface area contributed by atoms with Gasteiger partial charge in [0, 0.05) is 0 Å². The molecule has 0 spiro atoms. The van der Waals surface area contributed by atoms with E-state index >= 15 is 0 Å². The van der Waals surface area contributed by atoms with Crippen molar-refractivity contribution in [3.63, 3.8) is 0 Å². The Labute approximate surface area is 99.3 Å². The highest BCUT2D eigenvalue weighted by atomic mass is 16.6. The topological polar surface area (TPSA) is 92.7 Å². The molecule has 0 rings (SSSR count). The fraction of sp³-hybridized carbons (Fsp3) is 0.545. The summed E-state index contributed by atoms with van der Waals surface area (Å²) < 4.78 is 4.93. The molecule has 0 aliphatic rings. The molecule has 0 unspecified atom stereocenters. The van der Waals surface area contributed by atoms with Crippen LogP contribution in [-0.4, -0.2) is 34.6 Å². The first-order chi connectivity index (χ1) is 7.65. The number of terminal acetylenes is 1. The minimum atomic E-state index is -1.38. The van der Waals surface area contributed by atoms with Crippen molar-refractivity contribution < 1.29 is 24.2 Å². The zero-order valence-corrected chi connectivity index (χ0v) is 9.94. The van der Waals surface area contributed by atoms with Gasteiger partial charge in [-0.2, -0.15) is 0 Å². The quantitative estimate of drug-likeness (QED) is 0.530. The Morgan fingerprint density at radius 3 is 2.29 bits per heavy atom. The number of amides is 1. The van der Waals surface area contributed by atoms with Crippen molar-refractivity contribution in [1.29, 1.82) is 0 Å². The van der Waals surface area contributed by atoms with E-state index in [2.05, 4.69) is 0 Å². The first-order valence-electron chi connectivity index (χ1n) is 4.87. The van der Waals surface area contributed by atoms with Crippen LogP contribution < -0.4 is 5.32 Å². The number of carboxylic acid groups (broad SMARTS) is 1. The van der Waals surface area contributed by atoms with Crippen LogP contribution in [0.25, 0.3) is 0 Å². The lowest BCUT2D eigenvalue weighted by Gasteiger charge is -2.21. The van der Waals surface area contributed by atoms with Gasteiger partial charge in [-0.25, -0.2) is 4.79 Å². The molecule has 0 aliphatic carbocycles. The third kappa shape index (κ3) is 6.95. The van der Waals surface area contributed by atoms with Crippen LogP contribution in [0.3, 0.4) is 0 Å². The van der Waals surface area contributed by atoms with Crippen molar-refractivity contribution in [2.45, 2.75) is 38.8 Å². The minimum Gasteiger partial charge on any atom is -0.480 e. The number of rotatable bonds is 4. The van der Waals surface area contributed by atoms with Crippen molar-refractivity contribution in [2.75, 3.05) is 0 Å². The monoisotopic (exact) mass is 241 g/mol. The summed E-state index contributed by atoms with van der Waals surface area (Å²) in [7, 11) is 0. The molecule has 0 saturated carbocycles. The van der Waals surface area contributed by atoms with Gasteiger partial charge >= 0.3 is 11.9 Å². The van der Waals surface area contributed by atoms with Gasteiger partial charge in [0.15, 0.2) is 0 Å². The molecule has 0 aromatic heterocycles. The summed E-state index contributed by atoms with van der Waals surface area (Å²) in [4.78, 5) is 32.9. The molecule has 0 aromatic carbocycles. The molecule has 0 saturated heterocycles. The SMILES string of the molecule is C#CC(=O)N[C@@H](CC(=O)OC(C)(C)C)C(=O)O. The maximum absolute atomic E-state index is 11.4. The van der Waals surface area contributed by atoms with Crippen LogP contribution in [-0.2, 0) is 19.1 Å². The van der Waals surface area contributed by atoms with Crippen LogP contribution >= 0.6 is 0 Å². The normalized spacial score (nSPS) is 12.1. The zero-order chi connectivity index (χ0) is 13.6. The lowest BCUT2D eigenvalue weighted by atomic mass is 10.1. The van der Waals surface area contributed by atoms with Gasteiger partial charge in [0.25, 0.3) is 5.91 Å². The molecule has 2 N–H and O–H groups in total. The molecule has 17 heavy (non-hydrogen) atoms. The summed E-state index contributed by atoms with van der Waals surface area (Å²) in [5.74, 6) is -1.25. The Morgan fingerprint density at radius 2 is 1.94 bits per heavy atom. The van der Waals surface area contributed by atoms with Crippen LogP contribution in [0.4, 0.5) is 0 Å². The molecule has 0 heterocycles. The van der Waals surface area contributed by atoms with Crippen LogP contribution in [0.5, 0.6) is 0 Å². The van der Waals surface area contributed by atoms with Gasteiger partial charge in [0.1, 0.15) is 11.6 Å². The number of nitrogens with one attached hydrogen (secondary N) is 1. The molecule has 0 radical (unpaired) electrons. The summed E-state index contributed by atoms with van der Waals surface area (Å²) in [6.45, 7) is 4.96. The molecule has 1 amide bonds. The molecule has 1 atom stereocenters. The smallest absolute Gasteiger partial charge is 0.326 e. The van der Waals surface area contributed by atoms with Gasteiger partial charge in [0.05, 0.1) is 6.42 Å². The molecule has 0 aliphatic heterocycles. The Balaban J connectivity index is 4.47. The van der Waals surface area contributed by atoms with E-state index < -0.39 is 35.9 Å². The lowest BCUT2D eigenvalue weighted by Crippen LogP contribution is -2.42. The van der Waals surface area contributed by atoms with E-state index in [1.165, 1.54) is 0 Å². The number of carbonyl (C=O) groups excluding carboxylic acids is 2. The molecule has 6 heteroatoms. The largest absolute Gasteiger partial charge is 0.480 e. The molecule has 6 nitrogen and oxygen atoms in total. The van der Waals surface area contributed by atoms with E-state index in [1.54, 1.807) is 26.7 Å². The highest BCUT2D eigenvalue weighted by molar-refractivity contribution is 5.96. The summed E-state index contributed by atoms with van der Waals surface area (Å²) in [5.41, 5.74) is -0.712. The van der Waals surface area contributed by atoms with E-state index in [9.17, 15) is 14.4 Å². The first-order valence-corrected chi connectivity index (χ1v) is 4.87. The van der Waals surface area contributed by atoms with Gasteiger partial charge < -0.3 is 15.2 Å². The number of aliphatic carboxylic acids is 1. The van der Waals surface area contributed by atoms with E-state index in [0.29, 0.717) is 0 Å². The second kappa shape index (κ2) is 5.89. The van der Waals surface area contributed by atoms with E-state index in [1.807, 2.05) is 5.32 Å². The lowest BCUT2D eigenvalue weighted by molar-refractivity contribution is -0.158. The first kappa shape index (κ1) is 15.0. The van der Waals surface area contributed by atoms with E-state index in [-0.39, 0.29) is 0 Å². The maximum Gasteiger partial charge on any atom is 0.326 e. The van der Waals surface area contributed by atoms with E-state index in [0.717, 1.165) is 0 Å². The number of hydrogen-bond donors (Lipinski definition) is 2. The predicted octanol–water partition coefficient (Wildman–Crippen LogP) is -0.0792. The third-order valence-electron chi connectivity index (χ3n) is 1.53. The van der Waals surface area contributed by atoms with Crippen LogP contribution in [0.2, 0.25) is 0 Å². The van der Waals surface area contributed by atoms with Gasteiger partial charge in [-0.1, -0.05) is 0 Å². The number of carbonyl (C=O) groups is 3. The maximum atomic E-state index is 11.4. The summed E-state index contributed by atoms with van der Waals surface area (Å²) in [6, 6.07) is -1.38. The predicted molar refractivity (Wildman–Crippen MR) is 58.9 cm³/mol. The highest BCUT2D eigenvalue weighted by Gasteiger charge is 2.26. The summed E-state index contributed by atoms with van der Waals surface area (Å²) in [5, 5.41) is 10.8. The Hall–Kier alpha value is -2.03. The number of esters is 1. The molecule has 94 valence electrons. The Bertz CT molecular complexity index is 361. The summed E-state index contributed by atoms with van der Waals surface area (Å²) >= 11 is 0. The molecular weight excluding hydrogens is 226 g/mol. The average Bonchev–Trinajstić information content (AvgIpc) is 2.13. The number of hydrogen-bond acceptors (Lipinski definition) is 4. The number of carboxylic acids is 1. The zero-order valence-electron chi connectivity index (χ0n) is 9.94. The molecule has 0 aromatic rings. The Kier molecular flexibility index (Phi) is 5.19. The van der Waals surface area contributed by atoms with Crippen molar-refractivity contribution in [3.05, 3.63) is 0 Å². The molecular formula is C11H15NO5. The van der Waals surface area contributed by atoms with Gasteiger partial charge in [-0.3, -0.25) is 9.59 Å². The second-order valence-corrected chi connectivity index (χ2v) is 4.30. The fourth-order valence-electron chi connectivity index (χ4n) is 0.950.